The second kappa shape index (κ2) is 5.30. The Labute approximate surface area is 126 Å². The lowest BCUT2D eigenvalue weighted by Gasteiger charge is -2.09. The number of carbonyl (C=O) groups excluding carboxylic acids is 1. The number of non-ortho nitro benzene ring substituents is 1. The van der Waals surface area contributed by atoms with Crippen LogP contribution in [0.1, 0.15) is 21.5 Å². The molecule has 0 heterocycles. The summed E-state index contributed by atoms with van der Waals surface area (Å²) in [5.74, 6) is -0.0126. The molecule has 0 spiro atoms. The summed E-state index contributed by atoms with van der Waals surface area (Å²) in [5.41, 5.74) is 2.57. The van der Waals surface area contributed by atoms with Crippen LogP contribution in [0.2, 0.25) is 5.02 Å². The minimum atomic E-state index is -0.480. The van der Waals surface area contributed by atoms with E-state index < -0.39 is 4.92 Å². The lowest BCUT2D eigenvalue weighted by Crippen LogP contribution is -2.12. The SMILES string of the molecule is O=C1c2ccccc2CC1Cc1ccc([N+](=O)[O-])cc1Cl. The molecule has 1 aliphatic rings. The van der Waals surface area contributed by atoms with E-state index in [2.05, 4.69) is 0 Å². The Morgan fingerprint density at radius 1 is 1.24 bits per heavy atom. The summed E-state index contributed by atoms with van der Waals surface area (Å²) in [6.07, 6.45) is 1.20. The predicted octanol–water partition coefficient (Wildman–Crippen LogP) is 3.85. The van der Waals surface area contributed by atoms with Gasteiger partial charge in [0.1, 0.15) is 0 Å². The third kappa shape index (κ3) is 2.54. The van der Waals surface area contributed by atoms with Crippen molar-refractivity contribution >= 4 is 23.1 Å². The van der Waals surface area contributed by atoms with Crippen LogP contribution in [-0.2, 0) is 12.8 Å². The molecule has 0 saturated carbocycles. The normalized spacial score (nSPS) is 16.8. The van der Waals surface area contributed by atoms with Crippen molar-refractivity contribution in [2.24, 2.45) is 5.92 Å². The second-order valence-electron chi connectivity index (χ2n) is 5.16. The Balaban J connectivity index is 1.83. The number of benzene rings is 2. The molecule has 21 heavy (non-hydrogen) atoms. The summed E-state index contributed by atoms with van der Waals surface area (Å²) >= 11 is 6.10. The van der Waals surface area contributed by atoms with Crippen molar-refractivity contribution in [1.29, 1.82) is 0 Å². The van der Waals surface area contributed by atoms with Gasteiger partial charge in [-0.2, -0.15) is 0 Å². The van der Waals surface area contributed by atoms with Crippen molar-refractivity contribution in [2.75, 3.05) is 0 Å². The highest BCUT2D eigenvalue weighted by Gasteiger charge is 2.30. The van der Waals surface area contributed by atoms with Gasteiger partial charge >= 0.3 is 0 Å². The number of ketones is 1. The fourth-order valence-corrected chi connectivity index (χ4v) is 3.01. The van der Waals surface area contributed by atoms with Gasteiger partial charge in [0, 0.05) is 23.6 Å². The average molecular weight is 302 g/mol. The quantitative estimate of drug-likeness (QED) is 0.639. The molecule has 5 heteroatoms. The fraction of sp³-hybridized carbons (Fsp3) is 0.188. The van der Waals surface area contributed by atoms with E-state index in [4.69, 9.17) is 11.6 Å². The van der Waals surface area contributed by atoms with Crippen molar-refractivity contribution < 1.29 is 9.72 Å². The first-order valence-corrected chi connectivity index (χ1v) is 6.99. The Morgan fingerprint density at radius 3 is 2.67 bits per heavy atom. The van der Waals surface area contributed by atoms with Gasteiger partial charge in [0.2, 0.25) is 0 Å². The highest BCUT2D eigenvalue weighted by molar-refractivity contribution is 6.31. The number of carbonyl (C=O) groups is 1. The summed E-state index contributed by atoms with van der Waals surface area (Å²) < 4.78 is 0. The molecule has 1 aliphatic carbocycles. The van der Waals surface area contributed by atoms with E-state index in [1.165, 1.54) is 12.1 Å². The maximum atomic E-state index is 12.3. The number of Topliss-reactive ketones (excluding diaryl/α,β-unsaturated/α-hetero) is 1. The van der Waals surface area contributed by atoms with E-state index in [0.29, 0.717) is 17.9 Å². The van der Waals surface area contributed by atoms with Crippen molar-refractivity contribution in [3.8, 4) is 0 Å². The van der Waals surface area contributed by atoms with Gasteiger partial charge < -0.3 is 0 Å². The molecule has 2 aromatic carbocycles. The van der Waals surface area contributed by atoms with Gasteiger partial charge in [0.15, 0.2) is 5.78 Å². The topological polar surface area (TPSA) is 60.2 Å². The molecule has 3 rings (SSSR count). The first-order chi connectivity index (χ1) is 10.1. The Morgan fingerprint density at radius 2 is 2.00 bits per heavy atom. The molecule has 0 aromatic heterocycles. The van der Waals surface area contributed by atoms with Crippen LogP contribution >= 0.6 is 11.6 Å². The molecule has 0 radical (unpaired) electrons. The first-order valence-electron chi connectivity index (χ1n) is 6.61. The van der Waals surface area contributed by atoms with Crippen molar-refractivity contribution in [3.05, 3.63) is 74.3 Å². The van der Waals surface area contributed by atoms with Gasteiger partial charge in [0.05, 0.1) is 9.95 Å². The number of hydrogen-bond acceptors (Lipinski definition) is 3. The van der Waals surface area contributed by atoms with Crippen LogP contribution in [0, 0.1) is 16.0 Å². The van der Waals surface area contributed by atoms with Gasteiger partial charge in [-0.1, -0.05) is 41.9 Å². The number of fused-ring (bicyclic) bond motifs is 1. The highest BCUT2D eigenvalue weighted by Crippen LogP contribution is 2.31. The van der Waals surface area contributed by atoms with Crippen LogP contribution in [0.4, 0.5) is 5.69 Å². The molecule has 0 fully saturated rings. The summed E-state index contributed by atoms with van der Waals surface area (Å²) in [7, 11) is 0. The van der Waals surface area contributed by atoms with E-state index in [9.17, 15) is 14.9 Å². The molecule has 0 amide bonds. The number of nitro groups is 1. The summed E-state index contributed by atoms with van der Waals surface area (Å²) in [6, 6.07) is 12.0. The molecule has 106 valence electrons. The maximum absolute atomic E-state index is 12.3. The van der Waals surface area contributed by atoms with E-state index in [0.717, 1.165) is 16.7 Å². The third-order valence-electron chi connectivity index (χ3n) is 3.83. The first kappa shape index (κ1) is 13.8. The number of nitrogens with zero attached hydrogens (tertiary/aromatic N) is 1. The highest BCUT2D eigenvalue weighted by atomic mass is 35.5. The largest absolute Gasteiger partial charge is 0.294 e. The molecule has 1 atom stereocenters. The molecular formula is C16H12ClNO3. The molecule has 0 bridgehead atoms. The van der Waals surface area contributed by atoms with Crippen LogP contribution in [0.3, 0.4) is 0 Å². The van der Waals surface area contributed by atoms with Crippen LogP contribution in [-0.4, -0.2) is 10.7 Å². The smallest absolute Gasteiger partial charge is 0.270 e. The van der Waals surface area contributed by atoms with Gasteiger partial charge in [-0.3, -0.25) is 14.9 Å². The molecule has 4 nitrogen and oxygen atoms in total. The molecule has 0 saturated heterocycles. The number of hydrogen-bond donors (Lipinski definition) is 0. The number of halogens is 1. The average Bonchev–Trinajstić information content (AvgIpc) is 2.78. The lowest BCUT2D eigenvalue weighted by atomic mass is 9.95. The van der Waals surface area contributed by atoms with Crippen LogP contribution in [0.5, 0.6) is 0 Å². The maximum Gasteiger partial charge on any atom is 0.270 e. The van der Waals surface area contributed by atoms with Crippen LogP contribution in [0.15, 0.2) is 42.5 Å². The third-order valence-corrected chi connectivity index (χ3v) is 4.19. The minimum absolute atomic E-state index is 0.0372. The summed E-state index contributed by atoms with van der Waals surface area (Å²) in [6.45, 7) is 0. The zero-order valence-electron chi connectivity index (χ0n) is 11.1. The Bertz CT molecular complexity index is 742. The molecular weight excluding hydrogens is 290 g/mol. The zero-order valence-corrected chi connectivity index (χ0v) is 11.8. The predicted molar refractivity (Wildman–Crippen MR) is 79.8 cm³/mol. The van der Waals surface area contributed by atoms with Crippen LogP contribution in [0.25, 0.3) is 0 Å². The lowest BCUT2D eigenvalue weighted by molar-refractivity contribution is -0.384. The fourth-order valence-electron chi connectivity index (χ4n) is 2.76. The Kier molecular flexibility index (Phi) is 3.47. The number of rotatable bonds is 3. The van der Waals surface area contributed by atoms with Crippen LogP contribution < -0.4 is 0 Å². The van der Waals surface area contributed by atoms with Gasteiger partial charge in [-0.25, -0.2) is 0 Å². The summed E-state index contributed by atoms with van der Waals surface area (Å²) in [5, 5.41) is 11.0. The monoisotopic (exact) mass is 301 g/mol. The zero-order chi connectivity index (χ0) is 15.0. The molecule has 1 unspecified atom stereocenters. The number of nitro benzene ring substituents is 1. The van der Waals surface area contributed by atoms with Crippen molar-refractivity contribution in [3.63, 3.8) is 0 Å². The van der Waals surface area contributed by atoms with Gasteiger partial charge in [0.25, 0.3) is 5.69 Å². The van der Waals surface area contributed by atoms with Gasteiger partial charge in [-0.15, -0.1) is 0 Å². The summed E-state index contributed by atoms with van der Waals surface area (Å²) in [4.78, 5) is 22.6. The standard InChI is InChI=1S/C16H12ClNO3/c17-15-9-13(18(20)21)6-5-11(15)8-12-7-10-3-1-2-4-14(10)16(12)19/h1-6,9,12H,7-8H2. The Hall–Kier alpha value is -2.20. The van der Waals surface area contributed by atoms with Crippen molar-refractivity contribution in [2.45, 2.75) is 12.8 Å². The second-order valence-corrected chi connectivity index (χ2v) is 5.57. The van der Waals surface area contributed by atoms with E-state index in [1.807, 2.05) is 24.3 Å². The molecule has 0 N–H and O–H groups in total. The van der Waals surface area contributed by atoms with Crippen molar-refractivity contribution in [1.82, 2.24) is 0 Å². The van der Waals surface area contributed by atoms with E-state index in [1.54, 1.807) is 6.07 Å². The van der Waals surface area contributed by atoms with Gasteiger partial charge in [-0.05, 0) is 24.0 Å². The molecule has 0 aliphatic heterocycles. The van der Waals surface area contributed by atoms with E-state index >= 15 is 0 Å². The molecule has 2 aromatic rings. The van der Waals surface area contributed by atoms with E-state index in [-0.39, 0.29) is 17.4 Å². The minimum Gasteiger partial charge on any atom is -0.294 e.